The molecule has 106 valence electrons. The number of sulfonamides is 1. The van der Waals surface area contributed by atoms with Crippen molar-refractivity contribution in [3.63, 3.8) is 0 Å². The van der Waals surface area contributed by atoms with Crippen LogP contribution in [0, 0.1) is 13.8 Å². The van der Waals surface area contributed by atoms with E-state index in [0.717, 1.165) is 15.4 Å². The summed E-state index contributed by atoms with van der Waals surface area (Å²) in [5.41, 5.74) is 2.16. The summed E-state index contributed by atoms with van der Waals surface area (Å²) in [7, 11) is -3.64. The quantitative estimate of drug-likeness (QED) is 0.897. The predicted molar refractivity (Wildman–Crippen MR) is 75.0 cm³/mol. The van der Waals surface area contributed by atoms with E-state index in [1.54, 1.807) is 19.1 Å². The lowest BCUT2D eigenvalue weighted by Crippen LogP contribution is -2.44. The van der Waals surface area contributed by atoms with Crippen LogP contribution >= 0.6 is 0 Å². The molecular weight excluding hydrogens is 266 g/mol. The molecule has 0 fully saturated rings. The second-order valence-corrected chi connectivity index (χ2v) is 6.64. The van der Waals surface area contributed by atoms with Gasteiger partial charge in [0, 0.05) is 0 Å². The van der Waals surface area contributed by atoms with Crippen molar-refractivity contribution in [3.8, 4) is 0 Å². The van der Waals surface area contributed by atoms with Crippen molar-refractivity contribution < 1.29 is 18.3 Å². The molecular formula is C13H19NO4S. The molecule has 0 bridgehead atoms. The fourth-order valence-electron chi connectivity index (χ4n) is 1.89. The van der Waals surface area contributed by atoms with Crippen molar-refractivity contribution in [2.75, 3.05) is 10.1 Å². The van der Waals surface area contributed by atoms with Crippen molar-refractivity contribution in [3.05, 3.63) is 29.3 Å². The summed E-state index contributed by atoms with van der Waals surface area (Å²) in [5, 5.41) is 9.11. The highest BCUT2D eigenvalue weighted by atomic mass is 32.2. The largest absolute Gasteiger partial charge is 0.480 e. The van der Waals surface area contributed by atoms with E-state index in [-0.39, 0.29) is 5.75 Å². The highest BCUT2D eigenvalue weighted by Gasteiger charge is 2.31. The van der Waals surface area contributed by atoms with E-state index in [4.69, 9.17) is 5.11 Å². The van der Waals surface area contributed by atoms with Gasteiger partial charge >= 0.3 is 5.97 Å². The van der Waals surface area contributed by atoms with E-state index in [1.165, 1.54) is 13.8 Å². The molecule has 0 spiro atoms. The van der Waals surface area contributed by atoms with Crippen LogP contribution in [0.1, 0.15) is 25.0 Å². The fourth-order valence-corrected chi connectivity index (χ4v) is 3.25. The summed E-state index contributed by atoms with van der Waals surface area (Å²) in [6.07, 6.45) is 0. The Morgan fingerprint density at radius 3 is 2.37 bits per heavy atom. The lowest BCUT2D eigenvalue weighted by Gasteiger charge is -2.29. The Morgan fingerprint density at radius 1 is 1.37 bits per heavy atom. The van der Waals surface area contributed by atoms with Crippen LogP contribution in [-0.2, 0) is 14.8 Å². The van der Waals surface area contributed by atoms with E-state index in [2.05, 4.69) is 0 Å². The first-order valence-corrected chi connectivity index (χ1v) is 7.63. The molecule has 0 aromatic heterocycles. The maximum Gasteiger partial charge on any atom is 0.327 e. The number of rotatable bonds is 5. The minimum atomic E-state index is -3.64. The zero-order chi connectivity index (χ0) is 14.8. The Bertz CT molecular complexity index is 580. The van der Waals surface area contributed by atoms with Gasteiger partial charge in [0.15, 0.2) is 0 Å². The summed E-state index contributed by atoms with van der Waals surface area (Å²) in [6.45, 7) is 6.54. The summed E-state index contributed by atoms with van der Waals surface area (Å²) in [4.78, 5) is 11.1. The maximum atomic E-state index is 12.1. The third-order valence-corrected chi connectivity index (χ3v) is 4.81. The molecule has 0 aliphatic heterocycles. The van der Waals surface area contributed by atoms with Crippen LogP contribution in [-0.4, -0.2) is 31.3 Å². The molecule has 1 aromatic rings. The maximum absolute atomic E-state index is 12.1. The topological polar surface area (TPSA) is 74.7 Å². The van der Waals surface area contributed by atoms with Gasteiger partial charge in [-0.3, -0.25) is 4.31 Å². The number of aryl methyl sites for hydroxylation is 2. The average molecular weight is 285 g/mol. The molecule has 19 heavy (non-hydrogen) atoms. The number of aliphatic carboxylic acids is 1. The first kappa shape index (κ1) is 15.5. The molecule has 0 heterocycles. The van der Waals surface area contributed by atoms with Crippen LogP contribution in [0.2, 0.25) is 0 Å². The molecule has 1 rings (SSSR count). The molecule has 0 aliphatic carbocycles. The van der Waals surface area contributed by atoms with Gasteiger partial charge in [-0.2, -0.15) is 0 Å². The number of carbonyl (C=O) groups is 1. The molecule has 1 N–H and O–H groups in total. The molecule has 1 unspecified atom stereocenters. The van der Waals surface area contributed by atoms with Gasteiger partial charge in [0.05, 0.1) is 11.4 Å². The zero-order valence-electron chi connectivity index (χ0n) is 11.5. The minimum absolute atomic E-state index is 0.141. The summed E-state index contributed by atoms with van der Waals surface area (Å²) >= 11 is 0. The summed E-state index contributed by atoms with van der Waals surface area (Å²) < 4.78 is 25.3. The Kier molecular flexibility index (Phi) is 4.57. The number of hydrogen-bond acceptors (Lipinski definition) is 3. The highest BCUT2D eigenvalue weighted by Crippen LogP contribution is 2.26. The molecule has 0 saturated carbocycles. The predicted octanol–water partition coefficient (Wildman–Crippen LogP) is 1.93. The zero-order valence-corrected chi connectivity index (χ0v) is 12.4. The van der Waals surface area contributed by atoms with Crippen molar-refractivity contribution in [2.24, 2.45) is 0 Å². The molecule has 1 aromatic carbocycles. The van der Waals surface area contributed by atoms with Gasteiger partial charge in [-0.05, 0) is 39.3 Å². The minimum Gasteiger partial charge on any atom is -0.480 e. The number of hydrogen-bond donors (Lipinski definition) is 1. The first-order valence-electron chi connectivity index (χ1n) is 6.03. The van der Waals surface area contributed by atoms with E-state index in [9.17, 15) is 13.2 Å². The molecule has 0 amide bonds. The van der Waals surface area contributed by atoms with Gasteiger partial charge in [-0.25, -0.2) is 13.2 Å². The van der Waals surface area contributed by atoms with Gasteiger partial charge in [0.1, 0.15) is 6.04 Å². The van der Waals surface area contributed by atoms with Gasteiger partial charge < -0.3 is 5.11 Å². The lowest BCUT2D eigenvalue weighted by atomic mass is 10.1. The number of carboxylic acids is 1. The Balaban J connectivity index is 3.44. The normalized spacial score (nSPS) is 13.1. The van der Waals surface area contributed by atoms with Gasteiger partial charge in [0.2, 0.25) is 10.0 Å². The molecule has 0 radical (unpaired) electrons. The number of carboxylic acid groups (broad SMARTS) is 1. The molecule has 0 saturated heterocycles. The molecule has 1 atom stereocenters. The van der Waals surface area contributed by atoms with Gasteiger partial charge in [-0.15, -0.1) is 0 Å². The Labute approximate surface area is 113 Å². The van der Waals surface area contributed by atoms with Gasteiger partial charge in [0.25, 0.3) is 0 Å². The Hall–Kier alpha value is -1.56. The van der Waals surface area contributed by atoms with Crippen LogP contribution in [0.15, 0.2) is 18.2 Å². The van der Waals surface area contributed by atoms with Crippen molar-refractivity contribution in [1.82, 2.24) is 0 Å². The number of anilines is 1. The Morgan fingerprint density at radius 2 is 1.95 bits per heavy atom. The van der Waals surface area contributed by atoms with Crippen LogP contribution in [0.5, 0.6) is 0 Å². The lowest BCUT2D eigenvalue weighted by molar-refractivity contribution is -0.137. The van der Waals surface area contributed by atoms with E-state index < -0.39 is 22.0 Å². The van der Waals surface area contributed by atoms with Crippen LogP contribution in [0.3, 0.4) is 0 Å². The van der Waals surface area contributed by atoms with E-state index >= 15 is 0 Å². The van der Waals surface area contributed by atoms with E-state index in [0.29, 0.717) is 5.69 Å². The monoisotopic (exact) mass is 285 g/mol. The fraction of sp³-hybridized carbons (Fsp3) is 0.462. The second kappa shape index (κ2) is 5.61. The standard InChI is InChI=1S/C13H19NO4S/c1-5-19(17,18)14(11(4)13(15)16)12-7-6-9(2)8-10(12)3/h6-8,11H,5H2,1-4H3,(H,15,16). The van der Waals surface area contributed by atoms with Crippen molar-refractivity contribution in [2.45, 2.75) is 33.7 Å². The van der Waals surface area contributed by atoms with Crippen molar-refractivity contribution >= 4 is 21.7 Å². The summed E-state index contributed by atoms with van der Waals surface area (Å²) in [6, 6.07) is 4.13. The third-order valence-electron chi connectivity index (χ3n) is 2.96. The van der Waals surface area contributed by atoms with Crippen LogP contribution in [0.25, 0.3) is 0 Å². The van der Waals surface area contributed by atoms with Crippen LogP contribution < -0.4 is 4.31 Å². The average Bonchev–Trinajstić information content (AvgIpc) is 2.31. The summed E-state index contributed by atoms with van der Waals surface area (Å²) in [5.74, 6) is -1.31. The second-order valence-electron chi connectivity index (χ2n) is 4.50. The van der Waals surface area contributed by atoms with Crippen molar-refractivity contribution in [1.29, 1.82) is 0 Å². The first-order chi connectivity index (χ1) is 8.70. The smallest absolute Gasteiger partial charge is 0.327 e. The number of nitrogens with zero attached hydrogens (tertiary/aromatic N) is 1. The molecule has 0 aliphatic rings. The van der Waals surface area contributed by atoms with Crippen LogP contribution in [0.4, 0.5) is 5.69 Å². The van der Waals surface area contributed by atoms with E-state index in [1.807, 2.05) is 13.0 Å². The molecule has 5 nitrogen and oxygen atoms in total. The van der Waals surface area contributed by atoms with Gasteiger partial charge in [-0.1, -0.05) is 17.7 Å². The molecule has 6 heteroatoms. The number of benzene rings is 1. The SMILES string of the molecule is CCS(=O)(=O)N(c1ccc(C)cc1C)C(C)C(=O)O. The highest BCUT2D eigenvalue weighted by molar-refractivity contribution is 7.92. The third kappa shape index (κ3) is 3.26.